The molecule has 4 nitrogen and oxygen atoms in total. The summed E-state index contributed by atoms with van der Waals surface area (Å²) in [5.41, 5.74) is 3.21. The zero-order chi connectivity index (χ0) is 20.2. The Bertz CT molecular complexity index is 972. The van der Waals surface area contributed by atoms with E-state index in [1.165, 1.54) is 6.07 Å². The minimum Gasteiger partial charge on any atom is -0.508 e. The van der Waals surface area contributed by atoms with Crippen molar-refractivity contribution >= 4 is 11.8 Å². The van der Waals surface area contributed by atoms with E-state index in [2.05, 4.69) is 0 Å². The molecule has 1 aliphatic carbocycles. The predicted molar refractivity (Wildman–Crippen MR) is 110 cm³/mol. The molecule has 4 heteroatoms. The van der Waals surface area contributed by atoms with Gasteiger partial charge in [-0.05, 0) is 47.7 Å². The van der Waals surface area contributed by atoms with Crippen LogP contribution >= 0.6 is 0 Å². The maximum Gasteiger partial charge on any atom is 0.307 e. The van der Waals surface area contributed by atoms with E-state index >= 15 is 0 Å². The Morgan fingerprint density at radius 1 is 0.966 bits per heavy atom. The number of ketones is 1. The van der Waals surface area contributed by atoms with Crippen molar-refractivity contribution in [1.29, 1.82) is 0 Å². The van der Waals surface area contributed by atoms with Crippen molar-refractivity contribution in [2.45, 2.75) is 25.4 Å². The average Bonchev–Trinajstić information content (AvgIpc) is 2.75. The molecule has 1 N–H and O–H groups in total. The lowest BCUT2D eigenvalue weighted by molar-refractivity contribution is -0.148. The molecular formula is C25H22O4. The summed E-state index contributed by atoms with van der Waals surface area (Å²) < 4.78 is 5.85. The number of benzene rings is 3. The molecule has 4 rings (SSSR count). The highest BCUT2D eigenvalue weighted by Crippen LogP contribution is 2.32. The van der Waals surface area contributed by atoms with Crippen LogP contribution in [0.3, 0.4) is 0 Å². The minimum absolute atomic E-state index is 0.0509. The van der Waals surface area contributed by atoms with E-state index in [1.54, 1.807) is 12.1 Å². The maximum atomic E-state index is 12.8. The molecule has 146 valence electrons. The Hall–Kier alpha value is -3.40. The summed E-state index contributed by atoms with van der Waals surface area (Å²) >= 11 is 0. The number of hydrogen-bond donors (Lipinski definition) is 1. The number of carbonyl (C=O) groups is 2. The van der Waals surface area contributed by atoms with Crippen molar-refractivity contribution in [2.24, 2.45) is 5.92 Å². The quantitative estimate of drug-likeness (QED) is 0.636. The van der Waals surface area contributed by atoms with Gasteiger partial charge in [0, 0.05) is 11.5 Å². The molecule has 0 fully saturated rings. The van der Waals surface area contributed by atoms with Gasteiger partial charge in [-0.1, -0.05) is 60.7 Å². The van der Waals surface area contributed by atoms with Gasteiger partial charge in [-0.2, -0.15) is 0 Å². The SMILES string of the molecule is O=C(CC1CCc2cc(O)ccc2C1=O)OC(c1ccccc1)c1ccccc1. The van der Waals surface area contributed by atoms with Crippen molar-refractivity contribution in [3.05, 3.63) is 101 Å². The Morgan fingerprint density at radius 3 is 2.21 bits per heavy atom. The molecule has 0 radical (unpaired) electrons. The minimum atomic E-state index is -0.507. The summed E-state index contributed by atoms with van der Waals surface area (Å²) in [6.07, 6.45) is 0.780. The Kier molecular flexibility index (Phi) is 5.43. The van der Waals surface area contributed by atoms with Gasteiger partial charge < -0.3 is 9.84 Å². The first kappa shape index (κ1) is 18.9. The van der Waals surface area contributed by atoms with Gasteiger partial charge in [0.2, 0.25) is 0 Å². The van der Waals surface area contributed by atoms with Crippen molar-refractivity contribution in [3.63, 3.8) is 0 Å². The Labute approximate surface area is 169 Å². The van der Waals surface area contributed by atoms with Gasteiger partial charge in [0.25, 0.3) is 0 Å². The molecule has 0 aliphatic heterocycles. The van der Waals surface area contributed by atoms with Gasteiger partial charge in [-0.25, -0.2) is 0 Å². The largest absolute Gasteiger partial charge is 0.508 e. The number of ether oxygens (including phenoxy) is 1. The van der Waals surface area contributed by atoms with E-state index in [-0.39, 0.29) is 23.9 Å². The monoisotopic (exact) mass is 386 g/mol. The molecule has 0 saturated carbocycles. The van der Waals surface area contributed by atoms with Crippen molar-refractivity contribution in [1.82, 2.24) is 0 Å². The first-order chi connectivity index (χ1) is 14.1. The van der Waals surface area contributed by atoms with Crippen LogP contribution in [-0.4, -0.2) is 16.9 Å². The lowest BCUT2D eigenvalue weighted by Gasteiger charge is -2.24. The summed E-state index contributed by atoms with van der Waals surface area (Å²) in [6.45, 7) is 0. The highest BCUT2D eigenvalue weighted by atomic mass is 16.5. The van der Waals surface area contributed by atoms with E-state index in [1.807, 2.05) is 60.7 Å². The molecule has 0 saturated heterocycles. The fourth-order valence-corrected chi connectivity index (χ4v) is 3.87. The second-order valence-electron chi connectivity index (χ2n) is 7.34. The van der Waals surface area contributed by atoms with Crippen LogP contribution in [0.5, 0.6) is 5.75 Å². The number of fused-ring (bicyclic) bond motifs is 1. The van der Waals surface area contributed by atoms with E-state index in [4.69, 9.17) is 4.74 Å². The number of aromatic hydroxyl groups is 1. The van der Waals surface area contributed by atoms with E-state index in [9.17, 15) is 14.7 Å². The fourth-order valence-electron chi connectivity index (χ4n) is 3.87. The highest BCUT2D eigenvalue weighted by molar-refractivity contribution is 6.01. The van der Waals surface area contributed by atoms with Gasteiger partial charge in [-0.15, -0.1) is 0 Å². The van der Waals surface area contributed by atoms with Gasteiger partial charge in [0.15, 0.2) is 11.9 Å². The normalized spacial score (nSPS) is 15.8. The van der Waals surface area contributed by atoms with Crippen molar-refractivity contribution in [3.8, 4) is 5.75 Å². The van der Waals surface area contributed by atoms with Crippen LogP contribution in [0.4, 0.5) is 0 Å². The molecule has 3 aromatic carbocycles. The third kappa shape index (κ3) is 4.21. The molecule has 0 spiro atoms. The lowest BCUT2D eigenvalue weighted by Crippen LogP contribution is -2.26. The average molecular weight is 386 g/mol. The summed E-state index contributed by atoms with van der Waals surface area (Å²) in [7, 11) is 0. The smallest absolute Gasteiger partial charge is 0.307 e. The molecule has 1 atom stereocenters. The highest BCUT2D eigenvalue weighted by Gasteiger charge is 2.31. The lowest BCUT2D eigenvalue weighted by atomic mass is 9.81. The molecule has 0 bridgehead atoms. The third-order valence-electron chi connectivity index (χ3n) is 5.35. The first-order valence-corrected chi connectivity index (χ1v) is 9.77. The molecule has 0 amide bonds. The first-order valence-electron chi connectivity index (χ1n) is 9.77. The summed E-state index contributed by atoms with van der Waals surface area (Å²) in [5.74, 6) is -0.683. The molecule has 1 unspecified atom stereocenters. The van der Waals surface area contributed by atoms with Gasteiger partial charge in [0.1, 0.15) is 5.75 Å². The topological polar surface area (TPSA) is 63.6 Å². The molecule has 0 aromatic heterocycles. The van der Waals surface area contributed by atoms with E-state index < -0.39 is 12.0 Å². The number of phenols is 1. The van der Waals surface area contributed by atoms with Crippen LogP contribution in [0.15, 0.2) is 78.9 Å². The van der Waals surface area contributed by atoms with Gasteiger partial charge in [0.05, 0.1) is 6.42 Å². The van der Waals surface area contributed by atoms with Crippen molar-refractivity contribution in [2.75, 3.05) is 0 Å². The standard InChI is InChI=1S/C25H22O4/c26-21-13-14-22-19(15-21)11-12-20(24(22)28)16-23(27)29-25(17-7-3-1-4-8-17)18-9-5-2-6-10-18/h1-10,13-15,20,25-26H,11-12,16H2. The number of hydrogen-bond acceptors (Lipinski definition) is 4. The third-order valence-corrected chi connectivity index (χ3v) is 5.35. The van der Waals surface area contributed by atoms with Crippen LogP contribution in [0.2, 0.25) is 0 Å². The van der Waals surface area contributed by atoms with Crippen LogP contribution < -0.4 is 0 Å². The molecule has 3 aromatic rings. The second-order valence-corrected chi connectivity index (χ2v) is 7.34. The Morgan fingerprint density at radius 2 is 1.59 bits per heavy atom. The number of Topliss-reactive ketones (excluding diaryl/α,β-unsaturated/α-hetero) is 1. The number of rotatable bonds is 5. The summed E-state index contributed by atoms with van der Waals surface area (Å²) in [6, 6.07) is 24.0. The number of esters is 1. The van der Waals surface area contributed by atoms with Crippen LogP contribution in [0.1, 0.15) is 46.0 Å². The van der Waals surface area contributed by atoms with Gasteiger partial charge >= 0.3 is 5.97 Å². The number of carbonyl (C=O) groups excluding carboxylic acids is 2. The van der Waals surface area contributed by atoms with Crippen molar-refractivity contribution < 1.29 is 19.4 Å². The molecule has 0 heterocycles. The van der Waals surface area contributed by atoms with Crippen LogP contribution in [-0.2, 0) is 16.0 Å². The maximum absolute atomic E-state index is 12.8. The zero-order valence-corrected chi connectivity index (χ0v) is 16.0. The van der Waals surface area contributed by atoms with Gasteiger partial charge in [-0.3, -0.25) is 9.59 Å². The molecule has 29 heavy (non-hydrogen) atoms. The van der Waals surface area contributed by atoms with Crippen LogP contribution in [0.25, 0.3) is 0 Å². The van der Waals surface area contributed by atoms with E-state index in [0.717, 1.165) is 16.7 Å². The van der Waals surface area contributed by atoms with Crippen LogP contribution in [0, 0.1) is 5.92 Å². The summed E-state index contributed by atoms with van der Waals surface area (Å²) in [4.78, 5) is 25.6. The fraction of sp³-hybridized carbons (Fsp3) is 0.200. The predicted octanol–water partition coefficient (Wildman–Crippen LogP) is 4.86. The second kappa shape index (κ2) is 8.31. The molecule has 1 aliphatic rings. The molecular weight excluding hydrogens is 364 g/mol. The Balaban J connectivity index is 1.50. The van der Waals surface area contributed by atoms with E-state index in [0.29, 0.717) is 18.4 Å². The zero-order valence-electron chi connectivity index (χ0n) is 16.0. The summed E-state index contributed by atoms with van der Waals surface area (Å²) in [5, 5.41) is 9.62. The number of aryl methyl sites for hydroxylation is 1. The number of phenolic OH excluding ortho intramolecular Hbond substituents is 1.